The molecule has 1 N–H and O–H groups in total. The number of amidine groups is 1. The normalized spacial score (nSPS) is 23.0. The van der Waals surface area contributed by atoms with Gasteiger partial charge in [-0.2, -0.15) is 0 Å². The summed E-state index contributed by atoms with van der Waals surface area (Å²) in [6, 6.07) is 9.38. The predicted octanol–water partition coefficient (Wildman–Crippen LogP) is 2.94. The number of nitrogens with zero attached hydrogens (tertiary/aromatic N) is 2. The maximum Gasteiger partial charge on any atom is 0.204 e. The van der Waals surface area contributed by atoms with Crippen LogP contribution in [-0.4, -0.2) is 42.1 Å². The molecule has 27 heavy (non-hydrogen) atoms. The maximum atomic E-state index is 13.1. The lowest BCUT2D eigenvalue weighted by Crippen LogP contribution is -2.48. The van der Waals surface area contributed by atoms with Gasteiger partial charge in [0.1, 0.15) is 19.0 Å². The van der Waals surface area contributed by atoms with E-state index in [9.17, 15) is 9.90 Å². The van der Waals surface area contributed by atoms with Crippen molar-refractivity contribution in [3.05, 3.63) is 47.0 Å². The topological polar surface area (TPSA) is 71.4 Å². The fourth-order valence-corrected chi connectivity index (χ4v) is 3.95. The molecule has 0 bridgehead atoms. The molecule has 0 spiro atoms. The van der Waals surface area contributed by atoms with Gasteiger partial charge in [0, 0.05) is 30.3 Å². The number of carbonyl (C=O) groups is 1. The van der Waals surface area contributed by atoms with Crippen LogP contribution in [0.5, 0.6) is 11.5 Å². The highest BCUT2D eigenvalue weighted by Gasteiger charge is 2.52. The molecule has 2 aromatic rings. The van der Waals surface area contributed by atoms with Crippen molar-refractivity contribution < 1.29 is 19.4 Å². The van der Waals surface area contributed by atoms with Gasteiger partial charge in [0.25, 0.3) is 0 Å². The van der Waals surface area contributed by atoms with Crippen LogP contribution in [0.1, 0.15) is 27.9 Å². The lowest BCUT2D eigenvalue weighted by molar-refractivity contribution is 0.0602. The lowest BCUT2D eigenvalue weighted by Gasteiger charge is -2.30. The fourth-order valence-electron chi connectivity index (χ4n) is 3.95. The zero-order valence-corrected chi connectivity index (χ0v) is 15.3. The van der Waals surface area contributed by atoms with Crippen LogP contribution < -0.4 is 14.4 Å². The number of ether oxygens (including phenoxy) is 2. The number of aryl methyl sites for hydroxylation is 2. The number of fused-ring (bicyclic) bond motifs is 3. The molecular formula is C21H20N2O4. The summed E-state index contributed by atoms with van der Waals surface area (Å²) in [5.41, 5.74) is 2.45. The Kier molecular flexibility index (Phi) is 3.37. The van der Waals surface area contributed by atoms with E-state index in [0.29, 0.717) is 54.8 Å². The molecule has 1 unspecified atom stereocenters. The Labute approximate surface area is 157 Å². The van der Waals surface area contributed by atoms with Gasteiger partial charge in [-0.15, -0.1) is 0 Å². The first-order valence-electron chi connectivity index (χ1n) is 9.12. The number of aliphatic hydroxyl groups is 1. The third-order valence-electron chi connectivity index (χ3n) is 5.62. The van der Waals surface area contributed by atoms with Gasteiger partial charge in [0.2, 0.25) is 5.78 Å². The molecule has 2 aromatic carbocycles. The summed E-state index contributed by atoms with van der Waals surface area (Å²) in [5.74, 6) is 1.49. The maximum absolute atomic E-state index is 13.1. The zero-order valence-electron chi connectivity index (χ0n) is 15.3. The van der Waals surface area contributed by atoms with Crippen molar-refractivity contribution in [1.29, 1.82) is 0 Å². The second-order valence-corrected chi connectivity index (χ2v) is 7.31. The van der Waals surface area contributed by atoms with Crippen molar-refractivity contribution >= 4 is 23.0 Å². The van der Waals surface area contributed by atoms with E-state index in [1.54, 1.807) is 0 Å². The summed E-state index contributed by atoms with van der Waals surface area (Å²) in [4.78, 5) is 19.7. The van der Waals surface area contributed by atoms with Gasteiger partial charge in [-0.25, -0.2) is 4.99 Å². The predicted molar refractivity (Wildman–Crippen MR) is 102 cm³/mol. The van der Waals surface area contributed by atoms with Crippen LogP contribution in [0.4, 0.5) is 11.4 Å². The van der Waals surface area contributed by atoms with E-state index in [-0.39, 0.29) is 5.78 Å². The third kappa shape index (κ3) is 2.29. The van der Waals surface area contributed by atoms with Gasteiger partial charge in [0.15, 0.2) is 17.1 Å². The number of benzene rings is 2. The zero-order chi connectivity index (χ0) is 18.8. The van der Waals surface area contributed by atoms with Gasteiger partial charge in [0.05, 0.1) is 5.69 Å². The largest absolute Gasteiger partial charge is 0.486 e. The Hall–Kier alpha value is -2.86. The monoisotopic (exact) mass is 364 g/mol. The van der Waals surface area contributed by atoms with Crippen molar-refractivity contribution in [2.75, 3.05) is 24.7 Å². The van der Waals surface area contributed by atoms with Crippen LogP contribution in [-0.2, 0) is 0 Å². The van der Waals surface area contributed by atoms with Crippen molar-refractivity contribution in [3.8, 4) is 11.5 Å². The smallest absolute Gasteiger partial charge is 0.204 e. The van der Waals surface area contributed by atoms with Gasteiger partial charge >= 0.3 is 0 Å². The molecule has 1 fully saturated rings. The Morgan fingerprint density at radius 3 is 2.63 bits per heavy atom. The van der Waals surface area contributed by atoms with E-state index in [2.05, 4.69) is 0 Å². The molecule has 3 aliphatic rings. The van der Waals surface area contributed by atoms with Crippen LogP contribution >= 0.6 is 0 Å². The van der Waals surface area contributed by atoms with Crippen LogP contribution in [0.3, 0.4) is 0 Å². The van der Waals surface area contributed by atoms with Crippen LogP contribution in [0.2, 0.25) is 0 Å². The standard InChI is InChI=1S/C21H20N2O4/c1-12-9-15-16(10-13(12)2)22-20-21(25,19(15)24)5-6-23(20)14-3-4-17-18(11-14)27-8-7-26-17/h3-4,9-11,25H,5-8H2,1-2H3. The van der Waals surface area contributed by atoms with Gasteiger partial charge in [-0.05, 0) is 49.2 Å². The van der Waals surface area contributed by atoms with Crippen LogP contribution in [0, 0.1) is 13.8 Å². The second kappa shape index (κ2) is 5.57. The van der Waals surface area contributed by atoms with E-state index in [4.69, 9.17) is 14.5 Å². The van der Waals surface area contributed by atoms with Crippen molar-refractivity contribution in [2.45, 2.75) is 25.9 Å². The molecule has 3 aliphatic heterocycles. The number of hydrogen-bond acceptors (Lipinski definition) is 6. The average molecular weight is 364 g/mol. The minimum Gasteiger partial charge on any atom is -0.486 e. The molecular weight excluding hydrogens is 344 g/mol. The van der Waals surface area contributed by atoms with E-state index in [1.807, 2.05) is 49.1 Å². The molecule has 0 radical (unpaired) electrons. The Morgan fingerprint density at radius 1 is 1.07 bits per heavy atom. The molecule has 1 atom stereocenters. The molecule has 0 aromatic heterocycles. The summed E-state index contributed by atoms with van der Waals surface area (Å²) in [6.45, 7) is 5.50. The number of rotatable bonds is 1. The molecule has 1 saturated heterocycles. The van der Waals surface area contributed by atoms with Crippen LogP contribution in [0.25, 0.3) is 0 Å². The minimum absolute atomic E-state index is 0.273. The highest BCUT2D eigenvalue weighted by Crippen LogP contribution is 2.42. The molecule has 6 nitrogen and oxygen atoms in total. The third-order valence-corrected chi connectivity index (χ3v) is 5.62. The summed E-state index contributed by atoms with van der Waals surface area (Å²) >= 11 is 0. The molecule has 0 amide bonds. The number of Topliss-reactive ketones (excluding diaryl/α,β-unsaturated/α-hetero) is 1. The van der Waals surface area contributed by atoms with E-state index >= 15 is 0 Å². The van der Waals surface area contributed by atoms with Gasteiger partial charge < -0.3 is 19.5 Å². The second-order valence-electron chi connectivity index (χ2n) is 7.31. The Balaban J connectivity index is 1.62. The number of ketones is 1. The van der Waals surface area contributed by atoms with Crippen molar-refractivity contribution in [2.24, 2.45) is 4.99 Å². The van der Waals surface area contributed by atoms with Crippen LogP contribution in [0.15, 0.2) is 35.3 Å². The Morgan fingerprint density at radius 2 is 1.81 bits per heavy atom. The fraction of sp³-hybridized carbons (Fsp3) is 0.333. The number of aliphatic imine (C=N–C) groups is 1. The van der Waals surface area contributed by atoms with Crippen molar-refractivity contribution in [3.63, 3.8) is 0 Å². The average Bonchev–Trinajstić information content (AvgIpc) is 3.01. The Bertz CT molecular complexity index is 1010. The van der Waals surface area contributed by atoms with E-state index in [0.717, 1.165) is 16.8 Å². The highest BCUT2D eigenvalue weighted by atomic mass is 16.6. The SMILES string of the molecule is Cc1cc2c(cc1C)C(=O)C1(O)CCN(c3ccc4c(c3)OCCO4)C1=N2. The number of hydrogen-bond donors (Lipinski definition) is 1. The first kappa shape index (κ1) is 16.3. The summed E-state index contributed by atoms with van der Waals surface area (Å²) < 4.78 is 11.2. The summed E-state index contributed by atoms with van der Waals surface area (Å²) in [5, 5.41) is 11.2. The summed E-state index contributed by atoms with van der Waals surface area (Å²) in [7, 11) is 0. The highest BCUT2D eigenvalue weighted by molar-refractivity contribution is 6.28. The molecule has 6 heteroatoms. The molecule has 0 saturated carbocycles. The van der Waals surface area contributed by atoms with Gasteiger partial charge in [-0.3, -0.25) is 4.79 Å². The van der Waals surface area contributed by atoms with Crippen molar-refractivity contribution in [1.82, 2.24) is 0 Å². The van der Waals surface area contributed by atoms with Gasteiger partial charge in [-0.1, -0.05) is 0 Å². The first-order chi connectivity index (χ1) is 13.0. The minimum atomic E-state index is -1.58. The number of anilines is 1. The summed E-state index contributed by atoms with van der Waals surface area (Å²) in [6.07, 6.45) is 0.311. The quantitative estimate of drug-likeness (QED) is 0.842. The number of carbonyl (C=O) groups excluding carboxylic acids is 1. The van der Waals surface area contributed by atoms with E-state index < -0.39 is 5.60 Å². The molecule has 138 valence electrons. The molecule has 0 aliphatic carbocycles. The first-order valence-corrected chi connectivity index (χ1v) is 9.12. The lowest BCUT2D eigenvalue weighted by atomic mass is 9.86. The molecule has 3 heterocycles. The molecule has 5 rings (SSSR count). The van der Waals surface area contributed by atoms with E-state index in [1.165, 1.54) is 0 Å².